The van der Waals surface area contributed by atoms with Crippen LogP contribution in [0.25, 0.3) is 0 Å². The average molecular weight is 365 g/mol. The number of pyridine rings is 1. The van der Waals surface area contributed by atoms with Crippen LogP contribution >= 0.6 is 0 Å². The molecule has 0 saturated heterocycles. The van der Waals surface area contributed by atoms with E-state index in [-0.39, 0.29) is 24.9 Å². The van der Waals surface area contributed by atoms with Crippen molar-refractivity contribution in [2.24, 2.45) is 0 Å². The summed E-state index contributed by atoms with van der Waals surface area (Å²) < 4.78 is 23.5. The minimum atomic E-state index is -0.327. The van der Waals surface area contributed by atoms with Gasteiger partial charge in [-0.05, 0) is 42.0 Å². The minimum absolute atomic E-state index is 0.152. The second kappa shape index (κ2) is 7.33. The highest BCUT2D eigenvalue weighted by Gasteiger charge is 2.13. The highest BCUT2D eigenvalue weighted by atomic mass is 19.1. The first-order chi connectivity index (χ1) is 13.2. The zero-order valence-electron chi connectivity index (χ0n) is 14.2. The van der Waals surface area contributed by atoms with Gasteiger partial charge in [0, 0.05) is 11.8 Å². The first-order valence-corrected chi connectivity index (χ1v) is 8.33. The molecule has 1 amide bonds. The van der Waals surface area contributed by atoms with Gasteiger partial charge in [-0.15, -0.1) is 0 Å². The standard InChI is InChI=1S/C20H16FN3O3/c21-14-3-1-13(2-4-14)9-20(25)24-19-8-6-16(11-22-19)23-15-5-7-17-18(10-15)27-12-26-17/h1-8,10-11,23H,9,12H2,(H,22,24,25). The zero-order chi connectivity index (χ0) is 18.6. The van der Waals surface area contributed by atoms with Crippen LogP contribution in [0.5, 0.6) is 11.5 Å². The van der Waals surface area contributed by atoms with Crippen molar-refractivity contribution in [2.75, 3.05) is 17.4 Å². The molecule has 1 aromatic heterocycles. The number of hydrogen-bond acceptors (Lipinski definition) is 5. The number of nitrogens with zero attached hydrogens (tertiary/aromatic N) is 1. The molecule has 2 N–H and O–H groups in total. The number of benzene rings is 2. The molecule has 0 saturated carbocycles. The predicted octanol–water partition coefficient (Wildman–Crippen LogP) is 3.87. The normalized spacial score (nSPS) is 11.9. The summed E-state index contributed by atoms with van der Waals surface area (Å²) in [7, 11) is 0. The number of hydrogen-bond donors (Lipinski definition) is 2. The molecule has 0 unspecified atom stereocenters. The number of carbonyl (C=O) groups excluding carboxylic acids is 1. The largest absolute Gasteiger partial charge is 0.454 e. The average Bonchev–Trinajstić information content (AvgIpc) is 3.13. The summed E-state index contributed by atoms with van der Waals surface area (Å²) in [6.07, 6.45) is 1.78. The maximum Gasteiger partial charge on any atom is 0.231 e. The molecule has 136 valence electrons. The molecular weight excluding hydrogens is 349 g/mol. The van der Waals surface area contributed by atoms with Gasteiger partial charge in [0.25, 0.3) is 0 Å². The molecule has 1 aliphatic heterocycles. The van der Waals surface area contributed by atoms with Crippen LogP contribution in [0.3, 0.4) is 0 Å². The molecule has 6 nitrogen and oxygen atoms in total. The van der Waals surface area contributed by atoms with Gasteiger partial charge in [-0.3, -0.25) is 4.79 Å². The van der Waals surface area contributed by atoms with Crippen molar-refractivity contribution in [2.45, 2.75) is 6.42 Å². The molecule has 2 aromatic carbocycles. The fourth-order valence-corrected chi connectivity index (χ4v) is 2.66. The van der Waals surface area contributed by atoms with E-state index in [0.29, 0.717) is 11.6 Å². The summed E-state index contributed by atoms with van der Waals surface area (Å²) in [5.74, 6) is 1.31. The molecule has 2 heterocycles. The zero-order valence-corrected chi connectivity index (χ0v) is 14.2. The van der Waals surface area contributed by atoms with Crippen LogP contribution < -0.4 is 20.1 Å². The topological polar surface area (TPSA) is 72.5 Å². The first-order valence-electron chi connectivity index (χ1n) is 8.33. The molecule has 0 atom stereocenters. The van der Waals surface area contributed by atoms with Gasteiger partial charge in [-0.1, -0.05) is 12.1 Å². The van der Waals surface area contributed by atoms with Crippen molar-refractivity contribution >= 4 is 23.1 Å². The second-order valence-electron chi connectivity index (χ2n) is 5.98. The summed E-state index contributed by atoms with van der Waals surface area (Å²) in [6.45, 7) is 0.229. The maximum atomic E-state index is 12.9. The molecule has 7 heteroatoms. The molecule has 0 radical (unpaired) electrons. The van der Waals surface area contributed by atoms with E-state index in [2.05, 4.69) is 15.6 Å². The smallest absolute Gasteiger partial charge is 0.231 e. The number of fused-ring (bicyclic) bond motifs is 1. The van der Waals surface area contributed by atoms with Crippen molar-refractivity contribution in [3.63, 3.8) is 0 Å². The van der Waals surface area contributed by atoms with Gasteiger partial charge in [0.05, 0.1) is 18.3 Å². The number of nitrogens with one attached hydrogen (secondary N) is 2. The minimum Gasteiger partial charge on any atom is -0.454 e. The van der Waals surface area contributed by atoms with Crippen LogP contribution in [0, 0.1) is 5.82 Å². The van der Waals surface area contributed by atoms with E-state index in [0.717, 1.165) is 22.7 Å². The van der Waals surface area contributed by atoms with Crippen molar-refractivity contribution in [1.82, 2.24) is 4.98 Å². The predicted molar refractivity (Wildman–Crippen MR) is 98.8 cm³/mol. The Kier molecular flexibility index (Phi) is 4.57. The third kappa shape index (κ3) is 4.14. The van der Waals surface area contributed by atoms with Crippen molar-refractivity contribution in [3.8, 4) is 11.5 Å². The van der Waals surface area contributed by atoms with E-state index in [1.54, 1.807) is 24.4 Å². The lowest BCUT2D eigenvalue weighted by Crippen LogP contribution is -2.15. The van der Waals surface area contributed by atoms with Crippen LogP contribution in [0.15, 0.2) is 60.8 Å². The molecule has 27 heavy (non-hydrogen) atoms. The SMILES string of the molecule is O=C(Cc1ccc(F)cc1)Nc1ccc(Nc2ccc3c(c2)OCO3)cn1. The van der Waals surface area contributed by atoms with Crippen molar-refractivity contribution in [3.05, 3.63) is 72.2 Å². The van der Waals surface area contributed by atoms with E-state index in [9.17, 15) is 9.18 Å². The van der Waals surface area contributed by atoms with Crippen molar-refractivity contribution < 1.29 is 18.7 Å². The quantitative estimate of drug-likeness (QED) is 0.718. The first kappa shape index (κ1) is 16.8. The van der Waals surface area contributed by atoms with Gasteiger partial charge in [0.2, 0.25) is 12.7 Å². The van der Waals surface area contributed by atoms with Crippen LogP contribution in [0.1, 0.15) is 5.56 Å². The van der Waals surface area contributed by atoms with Crippen LogP contribution in [0.4, 0.5) is 21.6 Å². The number of carbonyl (C=O) groups is 1. The number of ether oxygens (including phenoxy) is 2. The van der Waals surface area contributed by atoms with E-state index < -0.39 is 0 Å². The van der Waals surface area contributed by atoms with Gasteiger partial charge in [0.15, 0.2) is 11.5 Å². The Morgan fingerprint density at radius 1 is 1.00 bits per heavy atom. The monoisotopic (exact) mass is 365 g/mol. The van der Waals surface area contributed by atoms with E-state index in [1.807, 2.05) is 24.3 Å². The lowest BCUT2D eigenvalue weighted by molar-refractivity contribution is -0.115. The molecule has 0 aliphatic carbocycles. The Labute approximate surface area is 155 Å². The van der Waals surface area contributed by atoms with Gasteiger partial charge < -0.3 is 20.1 Å². The number of anilines is 3. The number of halogens is 1. The molecule has 0 bridgehead atoms. The highest BCUT2D eigenvalue weighted by Crippen LogP contribution is 2.35. The van der Waals surface area contributed by atoms with Gasteiger partial charge in [-0.25, -0.2) is 9.37 Å². The summed E-state index contributed by atoms with van der Waals surface area (Å²) in [4.78, 5) is 16.3. The Hall–Kier alpha value is -3.61. The van der Waals surface area contributed by atoms with E-state index in [4.69, 9.17) is 9.47 Å². The maximum absolute atomic E-state index is 12.9. The van der Waals surface area contributed by atoms with Crippen LogP contribution in [-0.2, 0) is 11.2 Å². The molecule has 3 aromatic rings. The second-order valence-corrected chi connectivity index (χ2v) is 5.98. The highest BCUT2D eigenvalue weighted by molar-refractivity contribution is 5.91. The Bertz CT molecular complexity index is 959. The number of amides is 1. The number of rotatable bonds is 5. The lowest BCUT2D eigenvalue weighted by atomic mass is 10.1. The summed E-state index contributed by atoms with van der Waals surface area (Å²) in [5.41, 5.74) is 2.34. The summed E-state index contributed by atoms with van der Waals surface area (Å²) in [6, 6.07) is 14.9. The fraction of sp³-hybridized carbons (Fsp3) is 0.100. The van der Waals surface area contributed by atoms with E-state index in [1.165, 1.54) is 12.1 Å². The summed E-state index contributed by atoms with van der Waals surface area (Å²) in [5, 5.41) is 5.93. The van der Waals surface area contributed by atoms with Gasteiger partial charge in [0.1, 0.15) is 11.6 Å². The molecular formula is C20H16FN3O3. The van der Waals surface area contributed by atoms with Gasteiger partial charge in [-0.2, -0.15) is 0 Å². The Balaban J connectivity index is 1.35. The third-order valence-electron chi connectivity index (χ3n) is 3.97. The fourth-order valence-electron chi connectivity index (χ4n) is 2.66. The van der Waals surface area contributed by atoms with Crippen LogP contribution in [0.2, 0.25) is 0 Å². The summed E-state index contributed by atoms with van der Waals surface area (Å²) >= 11 is 0. The Morgan fingerprint density at radius 2 is 1.78 bits per heavy atom. The Morgan fingerprint density at radius 3 is 2.56 bits per heavy atom. The molecule has 0 spiro atoms. The van der Waals surface area contributed by atoms with E-state index >= 15 is 0 Å². The lowest BCUT2D eigenvalue weighted by Gasteiger charge is -2.09. The van der Waals surface area contributed by atoms with Crippen molar-refractivity contribution in [1.29, 1.82) is 0 Å². The molecule has 4 rings (SSSR count). The number of aromatic nitrogens is 1. The third-order valence-corrected chi connectivity index (χ3v) is 3.97. The molecule has 0 fully saturated rings. The van der Waals surface area contributed by atoms with Crippen LogP contribution in [-0.4, -0.2) is 17.7 Å². The molecule has 1 aliphatic rings. The van der Waals surface area contributed by atoms with Gasteiger partial charge >= 0.3 is 0 Å².